The van der Waals surface area contributed by atoms with E-state index in [2.05, 4.69) is 72.8 Å². The minimum Gasteiger partial charge on any atom is -0.388 e. The minimum atomic E-state index is -2.33. The van der Waals surface area contributed by atoms with E-state index >= 15 is 0 Å². The number of carbonyl (C=O) groups is 2. The molecule has 3 aromatic rings. The van der Waals surface area contributed by atoms with E-state index in [1.165, 1.54) is 35.8 Å². The van der Waals surface area contributed by atoms with Gasteiger partial charge in [-0.25, -0.2) is 0 Å². The van der Waals surface area contributed by atoms with Gasteiger partial charge in [-0.05, 0) is 79.3 Å². The molecule has 0 aliphatic carbocycles. The molecular weight excluding hydrogens is 914 g/mol. The van der Waals surface area contributed by atoms with Crippen molar-refractivity contribution in [2.24, 2.45) is 17.8 Å². The van der Waals surface area contributed by atoms with Crippen molar-refractivity contribution in [3.63, 3.8) is 0 Å². The van der Waals surface area contributed by atoms with Crippen LogP contribution in [0.4, 0.5) is 0 Å². The van der Waals surface area contributed by atoms with Gasteiger partial charge in [-0.2, -0.15) is 0 Å². The van der Waals surface area contributed by atoms with Crippen LogP contribution in [-0.2, 0) is 23.8 Å². The van der Waals surface area contributed by atoms with E-state index in [0.29, 0.717) is 12.8 Å². The zero-order chi connectivity index (χ0) is 51.9. The molecule has 4 N–H and O–H groups in total. The van der Waals surface area contributed by atoms with Gasteiger partial charge in [-0.3, -0.25) is 9.59 Å². The zero-order valence-electron chi connectivity index (χ0n) is 44.9. The number of unbranched alkanes of at least 4 members (excludes halogenated alkanes) is 8. The molecule has 2 saturated heterocycles. The number of aliphatic hydroxyl groups excluding tert-OH is 2. The van der Waals surface area contributed by atoms with E-state index in [0.717, 1.165) is 44.7 Å². The van der Waals surface area contributed by atoms with Crippen LogP contribution in [0, 0.1) is 17.8 Å². The molecule has 1 aromatic heterocycles. The Labute approximate surface area is 427 Å². The van der Waals surface area contributed by atoms with Crippen LogP contribution < -0.4 is 16.0 Å². The van der Waals surface area contributed by atoms with E-state index in [1.807, 2.05) is 52.0 Å². The number of carbonyl (C=O) groups excluding carboxylic acids is 2. The Hall–Kier alpha value is -3.32. The number of rotatable bonds is 19. The Morgan fingerprint density at radius 3 is 1.93 bits per heavy atom. The minimum absolute atomic E-state index is 0.137. The van der Waals surface area contributed by atoms with E-state index < -0.39 is 73.0 Å². The van der Waals surface area contributed by atoms with Crippen molar-refractivity contribution in [2.45, 2.75) is 205 Å². The van der Waals surface area contributed by atoms with Crippen molar-refractivity contribution in [2.75, 3.05) is 26.8 Å². The van der Waals surface area contributed by atoms with E-state index in [9.17, 15) is 30.0 Å². The number of aliphatic hydroxyl groups is 4. The third-order valence-electron chi connectivity index (χ3n) is 15.8. The van der Waals surface area contributed by atoms with Crippen LogP contribution in [0.25, 0.3) is 0 Å². The third-order valence-corrected chi connectivity index (χ3v) is 20.7. The van der Waals surface area contributed by atoms with Crippen LogP contribution >= 0.6 is 7.26 Å². The van der Waals surface area contributed by atoms with Crippen LogP contribution in [0.2, 0.25) is 0 Å². The van der Waals surface area contributed by atoms with Gasteiger partial charge in [0.25, 0.3) is 0 Å². The van der Waals surface area contributed by atoms with Crippen molar-refractivity contribution >= 4 is 35.2 Å². The molecule has 13 atom stereocenters. The van der Waals surface area contributed by atoms with Gasteiger partial charge in [-0.15, -0.1) is 0 Å². The largest absolute Gasteiger partial charge is 0.388 e. The predicted octanol–water partition coefficient (Wildman–Crippen LogP) is 7.92. The number of amides is 1. The number of cyclic esters (lactones) is 1. The zero-order valence-corrected chi connectivity index (χ0v) is 45.9. The maximum Gasteiger partial charge on any atom is 0.126 e. The van der Waals surface area contributed by atoms with Crippen molar-refractivity contribution < 1.29 is 44.2 Å². The first-order valence-electron chi connectivity index (χ1n) is 27.0. The Balaban J connectivity index is 1.20. The molecule has 398 valence electrons. The molecule has 5 rings (SSSR count). The number of benzene rings is 2. The maximum absolute atomic E-state index is 14.3. The fourth-order valence-corrected chi connectivity index (χ4v) is 16.6. The van der Waals surface area contributed by atoms with Gasteiger partial charge >= 0.3 is 196 Å². The number of nitrogens with zero attached hydrogens (tertiary/aromatic N) is 3. The van der Waals surface area contributed by atoms with Crippen LogP contribution in [-0.4, -0.2) is 134 Å². The van der Waals surface area contributed by atoms with Crippen molar-refractivity contribution in [1.29, 1.82) is 0 Å². The van der Waals surface area contributed by atoms with Crippen LogP contribution in [0.3, 0.4) is 0 Å². The molecule has 0 unspecified atom stereocenters. The average Bonchev–Trinajstić information content (AvgIpc) is 3.34. The van der Waals surface area contributed by atoms with Crippen LogP contribution in [0.1, 0.15) is 145 Å². The third kappa shape index (κ3) is 15.4. The quantitative estimate of drug-likeness (QED) is 0.0525. The summed E-state index contributed by atoms with van der Waals surface area (Å²) in [5, 5.41) is 50.5. The number of ether oxygens (including phenoxy) is 3. The SMILES string of the molecule is CC[C@H]1OC(=O)[C@H](C)C[C@H](C)[C@@H](O[C@@H]2O[C@H](C)C[C@H](N(C)C)[C@H]2O)[C@](C)(O)C[C@@H](C)CN(C(=O)CCCCCCCCCCC[PH](c2ccccc2)(c2ccccc2)c2ccccn2)[C@H](C)[C@@H](O)[C@]1(C)O. The molecule has 0 radical (unpaired) electrons. The second kappa shape index (κ2) is 27.3. The summed E-state index contributed by atoms with van der Waals surface area (Å²) in [6.07, 6.45) is 8.61. The molecule has 3 heterocycles. The van der Waals surface area contributed by atoms with Gasteiger partial charge in [0.05, 0.1) is 29.8 Å². The van der Waals surface area contributed by atoms with Crippen molar-refractivity contribution in [1.82, 2.24) is 14.8 Å². The molecule has 2 aliphatic heterocycles. The van der Waals surface area contributed by atoms with Crippen LogP contribution in [0.5, 0.6) is 0 Å². The molecule has 71 heavy (non-hydrogen) atoms. The molecule has 2 fully saturated rings. The monoisotopic (exact) mass is 1010 g/mol. The molecule has 0 saturated carbocycles. The molecule has 1 amide bonds. The van der Waals surface area contributed by atoms with E-state index in [1.54, 1.807) is 32.6 Å². The first-order chi connectivity index (χ1) is 33.7. The smallest absolute Gasteiger partial charge is 0.126 e. The van der Waals surface area contributed by atoms with Crippen LogP contribution in [0.15, 0.2) is 85.1 Å². The molecular formula is C58H92N3O9P. The summed E-state index contributed by atoms with van der Waals surface area (Å²) in [6.45, 7) is 14.5. The number of hydrogen-bond acceptors (Lipinski definition) is 11. The fourth-order valence-electron chi connectivity index (χ4n) is 11.9. The second-order valence-electron chi connectivity index (χ2n) is 22.2. The van der Waals surface area contributed by atoms with Gasteiger partial charge in [0.2, 0.25) is 0 Å². The number of hydrogen-bond donors (Lipinski definition) is 4. The second-order valence-corrected chi connectivity index (χ2v) is 26.2. The number of aromatic nitrogens is 1. The maximum atomic E-state index is 14.3. The summed E-state index contributed by atoms with van der Waals surface area (Å²) < 4.78 is 18.8. The predicted molar refractivity (Wildman–Crippen MR) is 288 cm³/mol. The molecule has 2 aliphatic rings. The summed E-state index contributed by atoms with van der Waals surface area (Å²) in [5.74, 6) is -2.00. The Morgan fingerprint density at radius 1 is 0.817 bits per heavy atom. The standard InChI is InChI=1S/C58H92N3O9P/c1-11-49-58(8,67)53(64)45(6)61(40-41(2)39-57(7,66)54(42(3)37-43(4)55(65)69-49)70-56-52(63)48(60(9)10)38-44(5)68-56)51(62)34-25-17-15-13-12-14-16-18-28-36-71(46-29-21-19-22-30-46,47-31-23-20-24-32-47)50-33-26-27-35-59-50/h19-24,26-27,29-33,35,41-45,48-49,52-54,56,63-64,66-67,71H,11-18,25,28,34,36-40H2,1-10H3/t41-,42+,43-,44-,45-,48+,49-,52-,53-,54-,56+,57-,58-/m1/s1. The van der Waals surface area contributed by atoms with Crippen molar-refractivity contribution in [3.8, 4) is 0 Å². The number of esters is 1. The number of likely N-dealkylation sites (N-methyl/N-ethyl adjacent to an activating group) is 1. The van der Waals surface area contributed by atoms with Gasteiger partial charge in [0.1, 0.15) is 23.9 Å². The Bertz CT molecular complexity index is 1930. The average molecular weight is 1010 g/mol. The summed E-state index contributed by atoms with van der Waals surface area (Å²) in [5.41, 5.74) is -2.14. The van der Waals surface area contributed by atoms with Gasteiger partial charge < -0.3 is 44.4 Å². The first-order valence-corrected chi connectivity index (χ1v) is 29.3. The molecule has 13 heteroatoms. The molecule has 2 aromatic carbocycles. The summed E-state index contributed by atoms with van der Waals surface area (Å²) in [6, 6.07) is 27.3. The molecule has 0 bridgehead atoms. The van der Waals surface area contributed by atoms with E-state index in [-0.39, 0.29) is 56.2 Å². The topological polar surface area (TPSA) is 162 Å². The van der Waals surface area contributed by atoms with Gasteiger partial charge in [-0.1, -0.05) is 27.7 Å². The Kier molecular flexibility index (Phi) is 22.5. The fraction of sp³-hybridized carbons (Fsp3) is 0.672. The van der Waals surface area contributed by atoms with E-state index in [4.69, 9.17) is 19.2 Å². The summed E-state index contributed by atoms with van der Waals surface area (Å²) in [7, 11) is 1.49. The molecule has 12 nitrogen and oxygen atoms in total. The van der Waals surface area contributed by atoms with Gasteiger partial charge in [0, 0.05) is 12.6 Å². The Morgan fingerprint density at radius 2 is 1.38 bits per heavy atom. The van der Waals surface area contributed by atoms with Crippen molar-refractivity contribution in [3.05, 3.63) is 85.1 Å². The summed E-state index contributed by atoms with van der Waals surface area (Å²) >= 11 is 0. The molecule has 0 spiro atoms. The number of pyridine rings is 1. The summed E-state index contributed by atoms with van der Waals surface area (Å²) in [4.78, 5) is 36.6. The first kappa shape index (κ1) is 58.6. The van der Waals surface area contributed by atoms with Gasteiger partial charge in [0.15, 0.2) is 6.29 Å². The normalized spacial score (nSPS) is 31.9.